The van der Waals surface area contributed by atoms with E-state index in [1.54, 1.807) is 7.11 Å². The van der Waals surface area contributed by atoms with Gasteiger partial charge < -0.3 is 20.7 Å². The van der Waals surface area contributed by atoms with E-state index in [0.29, 0.717) is 18.6 Å². The molecule has 1 aromatic heterocycles. The second-order valence-electron chi connectivity index (χ2n) is 4.23. The van der Waals surface area contributed by atoms with E-state index in [4.69, 9.17) is 10.5 Å². The zero-order chi connectivity index (χ0) is 12.3. The molecule has 1 aliphatic heterocycles. The van der Waals surface area contributed by atoms with Crippen molar-refractivity contribution in [2.45, 2.75) is 19.1 Å². The van der Waals surface area contributed by atoms with Crippen molar-refractivity contribution in [3.8, 4) is 0 Å². The van der Waals surface area contributed by atoms with Gasteiger partial charge in [0.05, 0.1) is 12.3 Å². The number of likely N-dealkylation sites (N-methyl/N-ethyl adjacent to an activating group) is 1. The third-order valence-electron chi connectivity index (χ3n) is 3.00. The fourth-order valence-electron chi connectivity index (χ4n) is 2.09. The smallest absolute Gasteiger partial charge is 0.222 e. The van der Waals surface area contributed by atoms with E-state index in [0.717, 1.165) is 31.0 Å². The Labute approximate surface area is 101 Å². The molecule has 0 bridgehead atoms. The van der Waals surface area contributed by atoms with Gasteiger partial charge in [0.1, 0.15) is 5.82 Å². The Kier molecular flexibility index (Phi) is 3.75. The number of hydrogen-bond acceptors (Lipinski definition) is 6. The van der Waals surface area contributed by atoms with Crippen molar-refractivity contribution in [1.82, 2.24) is 15.3 Å². The SMILES string of the molecule is CNC1CCN(c2cc(COC)nc(N)n2)C1. The lowest BCUT2D eigenvalue weighted by molar-refractivity contribution is 0.181. The molecule has 0 spiro atoms. The molecule has 2 rings (SSSR count). The number of nitrogens with one attached hydrogen (secondary N) is 1. The van der Waals surface area contributed by atoms with E-state index >= 15 is 0 Å². The van der Waals surface area contributed by atoms with E-state index in [1.807, 2.05) is 13.1 Å². The highest BCUT2D eigenvalue weighted by molar-refractivity contribution is 5.44. The van der Waals surface area contributed by atoms with Crippen molar-refractivity contribution in [3.05, 3.63) is 11.8 Å². The fourth-order valence-corrected chi connectivity index (χ4v) is 2.09. The first kappa shape index (κ1) is 12.1. The van der Waals surface area contributed by atoms with Gasteiger partial charge in [-0.05, 0) is 13.5 Å². The van der Waals surface area contributed by atoms with Gasteiger partial charge >= 0.3 is 0 Å². The number of aromatic nitrogens is 2. The summed E-state index contributed by atoms with van der Waals surface area (Å²) in [5.74, 6) is 1.20. The molecule has 0 aromatic carbocycles. The summed E-state index contributed by atoms with van der Waals surface area (Å²) >= 11 is 0. The first-order chi connectivity index (χ1) is 8.22. The average molecular weight is 237 g/mol. The predicted octanol–water partition coefficient (Wildman–Crippen LogP) is 0.00330. The van der Waals surface area contributed by atoms with Crippen LogP contribution in [0.2, 0.25) is 0 Å². The number of hydrogen-bond donors (Lipinski definition) is 2. The minimum Gasteiger partial charge on any atom is -0.378 e. The number of nitrogen functional groups attached to an aromatic ring is 1. The van der Waals surface area contributed by atoms with E-state index < -0.39 is 0 Å². The van der Waals surface area contributed by atoms with Crippen LogP contribution in [0.15, 0.2) is 6.07 Å². The normalized spacial score (nSPS) is 19.9. The molecule has 17 heavy (non-hydrogen) atoms. The topological polar surface area (TPSA) is 76.3 Å². The third kappa shape index (κ3) is 2.83. The Balaban J connectivity index is 2.15. The lowest BCUT2D eigenvalue weighted by Crippen LogP contribution is -2.30. The second-order valence-corrected chi connectivity index (χ2v) is 4.23. The first-order valence-corrected chi connectivity index (χ1v) is 5.77. The van der Waals surface area contributed by atoms with Gasteiger partial charge in [0.25, 0.3) is 0 Å². The highest BCUT2D eigenvalue weighted by atomic mass is 16.5. The number of nitrogens with two attached hydrogens (primary N) is 1. The van der Waals surface area contributed by atoms with Crippen molar-refractivity contribution < 1.29 is 4.74 Å². The van der Waals surface area contributed by atoms with Crippen molar-refractivity contribution in [1.29, 1.82) is 0 Å². The quantitative estimate of drug-likeness (QED) is 0.768. The van der Waals surface area contributed by atoms with E-state index in [2.05, 4.69) is 20.2 Å². The van der Waals surface area contributed by atoms with Crippen LogP contribution < -0.4 is 16.0 Å². The van der Waals surface area contributed by atoms with Crippen LogP contribution in [0.1, 0.15) is 12.1 Å². The molecule has 1 saturated heterocycles. The fraction of sp³-hybridized carbons (Fsp3) is 0.636. The largest absolute Gasteiger partial charge is 0.378 e. The van der Waals surface area contributed by atoms with Crippen LogP contribution in [0.25, 0.3) is 0 Å². The Bertz CT molecular complexity index is 384. The summed E-state index contributed by atoms with van der Waals surface area (Å²) in [6.07, 6.45) is 1.13. The molecule has 1 aromatic rings. The minimum atomic E-state index is 0.308. The van der Waals surface area contributed by atoms with Crippen LogP contribution in [0, 0.1) is 0 Å². The standard InChI is InChI=1S/C11H19N5O/c1-13-8-3-4-16(6-8)10-5-9(7-17-2)14-11(12)15-10/h5,8,13H,3-4,6-7H2,1-2H3,(H2,12,14,15). The van der Waals surface area contributed by atoms with Crippen molar-refractivity contribution >= 4 is 11.8 Å². The molecule has 94 valence electrons. The van der Waals surface area contributed by atoms with Crippen LogP contribution in [0.3, 0.4) is 0 Å². The summed E-state index contributed by atoms with van der Waals surface area (Å²) in [4.78, 5) is 10.6. The van der Waals surface area contributed by atoms with Gasteiger partial charge in [-0.3, -0.25) is 0 Å². The van der Waals surface area contributed by atoms with E-state index in [9.17, 15) is 0 Å². The molecular weight excluding hydrogens is 218 g/mol. The third-order valence-corrected chi connectivity index (χ3v) is 3.00. The zero-order valence-electron chi connectivity index (χ0n) is 10.3. The number of nitrogens with zero attached hydrogens (tertiary/aromatic N) is 3. The lowest BCUT2D eigenvalue weighted by atomic mass is 10.3. The van der Waals surface area contributed by atoms with Crippen molar-refractivity contribution in [3.63, 3.8) is 0 Å². The average Bonchev–Trinajstić information content (AvgIpc) is 2.77. The Morgan fingerprint density at radius 3 is 3.06 bits per heavy atom. The summed E-state index contributed by atoms with van der Waals surface area (Å²) in [5, 5.41) is 3.28. The molecular formula is C11H19N5O. The number of rotatable bonds is 4. The van der Waals surface area contributed by atoms with Gasteiger partial charge in [0, 0.05) is 32.3 Å². The molecule has 6 heteroatoms. The van der Waals surface area contributed by atoms with Crippen molar-refractivity contribution in [2.75, 3.05) is 37.9 Å². The van der Waals surface area contributed by atoms with E-state index in [1.165, 1.54) is 0 Å². The van der Waals surface area contributed by atoms with Gasteiger partial charge in [0.15, 0.2) is 0 Å². The highest BCUT2D eigenvalue weighted by Gasteiger charge is 2.22. The van der Waals surface area contributed by atoms with Gasteiger partial charge in [-0.25, -0.2) is 4.98 Å². The summed E-state index contributed by atoms with van der Waals surface area (Å²) in [6.45, 7) is 2.41. The first-order valence-electron chi connectivity index (χ1n) is 5.77. The Hall–Kier alpha value is -1.40. The molecule has 0 aliphatic carbocycles. The van der Waals surface area contributed by atoms with Gasteiger partial charge in [-0.2, -0.15) is 4.98 Å². The summed E-state index contributed by atoms with van der Waals surface area (Å²) in [6, 6.07) is 2.47. The summed E-state index contributed by atoms with van der Waals surface area (Å²) < 4.78 is 5.07. The predicted molar refractivity (Wildman–Crippen MR) is 66.8 cm³/mol. The summed E-state index contributed by atoms with van der Waals surface area (Å²) in [5.41, 5.74) is 6.53. The Morgan fingerprint density at radius 2 is 2.41 bits per heavy atom. The highest BCUT2D eigenvalue weighted by Crippen LogP contribution is 2.19. The molecule has 0 saturated carbocycles. The van der Waals surface area contributed by atoms with Crippen LogP contribution in [0.4, 0.5) is 11.8 Å². The Morgan fingerprint density at radius 1 is 1.59 bits per heavy atom. The number of anilines is 2. The van der Waals surface area contributed by atoms with Gasteiger partial charge in [-0.15, -0.1) is 0 Å². The molecule has 1 atom stereocenters. The molecule has 6 nitrogen and oxygen atoms in total. The van der Waals surface area contributed by atoms with E-state index in [-0.39, 0.29) is 0 Å². The van der Waals surface area contributed by atoms with Crippen LogP contribution in [-0.2, 0) is 11.3 Å². The molecule has 0 radical (unpaired) electrons. The molecule has 3 N–H and O–H groups in total. The minimum absolute atomic E-state index is 0.308. The second kappa shape index (κ2) is 5.29. The molecule has 1 aliphatic rings. The lowest BCUT2D eigenvalue weighted by Gasteiger charge is -2.18. The molecule has 0 amide bonds. The van der Waals surface area contributed by atoms with Crippen LogP contribution in [-0.4, -0.2) is 43.3 Å². The molecule has 1 unspecified atom stereocenters. The molecule has 1 fully saturated rings. The summed E-state index contributed by atoms with van der Waals surface area (Å²) in [7, 11) is 3.63. The van der Waals surface area contributed by atoms with Crippen LogP contribution >= 0.6 is 0 Å². The number of methoxy groups -OCH3 is 1. The zero-order valence-corrected chi connectivity index (χ0v) is 10.3. The molecule has 2 heterocycles. The maximum Gasteiger partial charge on any atom is 0.222 e. The van der Waals surface area contributed by atoms with Crippen molar-refractivity contribution in [2.24, 2.45) is 0 Å². The maximum absolute atomic E-state index is 5.70. The number of ether oxygens (including phenoxy) is 1. The van der Waals surface area contributed by atoms with Gasteiger partial charge in [-0.1, -0.05) is 0 Å². The van der Waals surface area contributed by atoms with Gasteiger partial charge in [0.2, 0.25) is 5.95 Å². The monoisotopic (exact) mass is 237 g/mol. The van der Waals surface area contributed by atoms with Crippen LogP contribution in [0.5, 0.6) is 0 Å². The maximum atomic E-state index is 5.70.